The van der Waals surface area contributed by atoms with Crippen molar-refractivity contribution in [2.45, 2.75) is 26.2 Å². The molecule has 5 nitrogen and oxygen atoms in total. The summed E-state index contributed by atoms with van der Waals surface area (Å²) in [5, 5.41) is 3.41. The minimum absolute atomic E-state index is 0.289. The highest BCUT2D eigenvalue weighted by Gasteiger charge is 2.15. The summed E-state index contributed by atoms with van der Waals surface area (Å²) in [6.45, 7) is 4.37. The standard InChI is InChI=1S/C22H23N3O2/c1-4-19(17-9-7-6-8-10-17)25-20-15-18(22-23-13-14-24-22)11-12-21(20)27-16(3)26-5-2/h1,6-16,19,25H,5H2,2-3H3,(H,23,24). The Bertz CT molecular complexity index is 886. The van der Waals surface area contributed by atoms with Crippen LogP contribution in [0.2, 0.25) is 0 Å². The number of anilines is 1. The number of hydrogen-bond donors (Lipinski definition) is 2. The minimum Gasteiger partial charge on any atom is -0.463 e. The van der Waals surface area contributed by atoms with Gasteiger partial charge in [0.1, 0.15) is 17.6 Å². The Kier molecular flexibility index (Phi) is 6.14. The van der Waals surface area contributed by atoms with E-state index in [4.69, 9.17) is 15.9 Å². The van der Waals surface area contributed by atoms with Gasteiger partial charge in [0.25, 0.3) is 0 Å². The lowest BCUT2D eigenvalue weighted by Gasteiger charge is -2.21. The van der Waals surface area contributed by atoms with Gasteiger partial charge in [-0.3, -0.25) is 0 Å². The second kappa shape index (κ2) is 8.93. The van der Waals surface area contributed by atoms with Crippen molar-refractivity contribution in [1.82, 2.24) is 9.97 Å². The summed E-state index contributed by atoms with van der Waals surface area (Å²) >= 11 is 0. The smallest absolute Gasteiger partial charge is 0.197 e. The second-order valence-electron chi connectivity index (χ2n) is 5.94. The normalized spacial score (nSPS) is 12.8. The lowest BCUT2D eigenvalue weighted by molar-refractivity contribution is -0.0609. The number of terminal acetylenes is 1. The van der Waals surface area contributed by atoms with Crippen molar-refractivity contribution < 1.29 is 9.47 Å². The third-order valence-electron chi connectivity index (χ3n) is 4.04. The van der Waals surface area contributed by atoms with Gasteiger partial charge in [0.15, 0.2) is 6.29 Å². The summed E-state index contributed by atoms with van der Waals surface area (Å²) < 4.78 is 11.5. The van der Waals surface area contributed by atoms with Crippen LogP contribution in [-0.2, 0) is 4.74 Å². The molecule has 0 saturated carbocycles. The van der Waals surface area contributed by atoms with Crippen molar-refractivity contribution in [3.05, 3.63) is 66.5 Å². The molecule has 2 N–H and O–H groups in total. The van der Waals surface area contributed by atoms with Crippen molar-refractivity contribution in [3.63, 3.8) is 0 Å². The molecule has 3 rings (SSSR count). The zero-order valence-corrected chi connectivity index (χ0v) is 15.5. The van der Waals surface area contributed by atoms with Crippen LogP contribution >= 0.6 is 0 Å². The van der Waals surface area contributed by atoms with E-state index in [1.54, 1.807) is 12.4 Å². The minimum atomic E-state index is -0.369. The first-order valence-electron chi connectivity index (χ1n) is 8.91. The lowest BCUT2D eigenvalue weighted by Crippen LogP contribution is -2.17. The van der Waals surface area contributed by atoms with Gasteiger partial charge in [0.2, 0.25) is 0 Å². The molecular formula is C22H23N3O2. The van der Waals surface area contributed by atoms with E-state index < -0.39 is 0 Å². The zero-order chi connectivity index (χ0) is 19.1. The Morgan fingerprint density at radius 1 is 1.22 bits per heavy atom. The van der Waals surface area contributed by atoms with Crippen LogP contribution in [0.1, 0.15) is 25.5 Å². The molecule has 0 bridgehead atoms. The van der Waals surface area contributed by atoms with Crippen molar-refractivity contribution >= 4 is 5.69 Å². The third-order valence-corrected chi connectivity index (χ3v) is 4.04. The number of hydrogen-bond acceptors (Lipinski definition) is 4. The molecule has 138 valence electrons. The molecule has 2 aromatic carbocycles. The summed E-state index contributed by atoms with van der Waals surface area (Å²) in [4.78, 5) is 7.43. The van der Waals surface area contributed by atoms with Crippen LogP contribution in [0.3, 0.4) is 0 Å². The number of imidazole rings is 1. The molecular weight excluding hydrogens is 338 g/mol. The maximum absolute atomic E-state index is 5.96. The Hall–Kier alpha value is -3.23. The van der Waals surface area contributed by atoms with E-state index >= 15 is 0 Å². The third kappa shape index (κ3) is 4.69. The van der Waals surface area contributed by atoms with Gasteiger partial charge in [-0.1, -0.05) is 36.3 Å². The van der Waals surface area contributed by atoms with Crippen molar-refractivity contribution in [3.8, 4) is 29.5 Å². The molecule has 2 unspecified atom stereocenters. The molecule has 0 saturated heterocycles. The van der Waals surface area contributed by atoms with Crippen LogP contribution in [0.25, 0.3) is 11.4 Å². The van der Waals surface area contributed by atoms with Crippen molar-refractivity contribution in [2.75, 3.05) is 11.9 Å². The molecule has 0 spiro atoms. The SMILES string of the molecule is C#CC(Nc1cc(-c2ncc[nH]2)ccc1OC(C)OCC)c1ccccc1. The fourth-order valence-corrected chi connectivity index (χ4v) is 2.79. The Balaban J connectivity index is 1.93. The first-order chi connectivity index (χ1) is 13.2. The molecule has 0 radical (unpaired) electrons. The highest BCUT2D eigenvalue weighted by Crippen LogP contribution is 2.33. The molecule has 2 atom stereocenters. The van der Waals surface area contributed by atoms with E-state index in [-0.39, 0.29) is 12.3 Å². The van der Waals surface area contributed by atoms with Gasteiger partial charge in [-0.05, 0) is 37.6 Å². The first kappa shape index (κ1) is 18.6. The Labute approximate surface area is 159 Å². The molecule has 0 aliphatic rings. The number of nitrogens with one attached hydrogen (secondary N) is 2. The van der Waals surface area contributed by atoms with E-state index in [0.717, 1.165) is 22.6 Å². The van der Waals surface area contributed by atoms with E-state index in [0.29, 0.717) is 12.4 Å². The number of nitrogens with zero attached hydrogens (tertiary/aromatic N) is 1. The van der Waals surface area contributed by atoms with E-state index in [2.05, 4.69) is 21.2 Å². The molecule has 0 aliphatic heterocycles. The maximum atomic E-state index is 5.96. The molecule has 27 heavy (non-hydrogen) atoms. The monoisotopic (exact) mass is 361 g/mol. The van der Waals surface area contributed by atoms with Crippen LogP contribution in [0.5, 0.6) is 5.75 Å². The van der Waals surface area contributed by atoms with Crippen molar-refractivity contribution in [1.29, 1.82) is 0 Å². The second-order valence-corrected chi connectivity index (χ2v) is 5.94. The van der Waals surface area contributed by atoms with Crippen molar-refractivity contribution in [2.24, 2.45) is 0 Å². The molecule has 0 aliphatic carbocycles. The van der Waals surface area contributed by atoms with Gasteiger partial charge in [-0.2, -0.15) is 0 Å². The lowest BCUT2D eigenvalue weighted by atomic mass is 10.1. The number of aromatic nitrogens is 2. The highest BCUT2D eigenvalue weighted by molar-refractivity contribution is 5.69. The van der Waals surface area contributed by atoms with Crippen LogP contribution in [-0.4, -0.2) is 22.9 Å². The quantitative estimate of drug-likeness (QED) is 0.454. The summed E-state index contributed by atoms with van der Waals surface area (Å²) in [5.41, 5.74) is 2.72. The van der Waals surface area contributed by atoms with Gasteiger partial charge in [0.05, 0.1) is 5.69 Å². The molecule has 3 aromatic rings. The fourth-order valence-electron chi connectivity index (χ4n) is 2.79. The fraction of sp³-hybridized carbons (Fsp3) is 0.227. The molecule has 0 fully saturated rings. The van der Waals surface area contributed by atoms with Gasteiger partial charge in [-0.15, -0.1) is 6.42 Å². The Morgan fingerprint density at radius 2 is 2.04 bits per heavy atom. The number of aromatic amines is 1. The van der Waals surface area contributed by atoms with Gasteiger partial charge < -0.3 is 19.8 Å². The average molecular weight is 361 g/mol. The number of benzene rings is 2. The topological polar surface area (TPSA) is 59.2 Å². The Morgan fingerprint density at radius 3 is 2.70 bits per heavy atom. The molecule has 1 aromatic heterocycles. The van der Waals surface area contributed by atoms with E-state index in [1.165, 1.54) is 0 Å². The zero-order valence-electron chi connectivity index (χ0n) is 15.5. The number of H-pyrrole nitrogens is 1. The predicted octanol–water partition coefficient (Wildman–Crippen LogP) is 4.62. The van der Waals surface area contributed by atoms with Crippen LogP contribution < -0.4 is 10.1 Å². The van der Waals surface area contributed by atoms with E-state index in [1.807, 2.05) is 62.4 Å². The first-order valence-corrected chi connectivity index (χ1v) is 8.91. The highest BCUT2D eigenvalue weighted by atomic mass is 16.7. The summed E-state index contributed by atoms with van der Waals surface area (Å²) in [7, 11) is 0. The predicted molar refractivity (Wildman–Crippen MR) is 107 cm³/mol. The summed E-state index contributed by atoms with van der Waals surface area (Å²) in [6.07, 6.45) is 8.93. The summed E-state index contributed by atoms with van der Waals surface area (Å²) in [6, 6.07) is 15.4. The average Bonchev–Trinajstić information content (AvgIpc) is 3.23. The molecule has 5 heteroatoms. The van der Waals surface area contributed by atoms with Crippen LogP contribution in [0.15, 0.2) is 60.9 Å². The van der Waals surface area contributed by atoms with Gasteiger partial charge >= 0.3 is 0 Å². The largest absolute Gasteiger partial charge is 0.463 e. The maximum Gasteiger partial charge on any atom is 0.197 e. The van der Waals surface area contributed by atoms with Crippen LogP contribution in [0, 0.1) is 12.3 Å². The molecule has 1 heterocycles. The van der Waals surface area contributed by atoms with Crippen LogP contribution in [0.4, 0.5) is 5.69 Å². The van der Waals surface area contributed by atoms with Gasteiger partial charge in [-0.25, -0.2) is 4.98 Å². The number of ether oxygens (including phenoxy) is 2. The van der Waals surface area contributed by atoms with E-state index in [9.17, 15) is 0 Å². The number of rotatable bonds is 8. The summed E-state index contributed by atoms with van der Waals surface area (Å²) in [5.74, 6) is 4.25. The molecule has 0 amide bonds. The van der Waals surface area contributed by atoms with Gasteiger partial charge in [0, 0.05) is 24.6 Å².